The van der Waals surface area contributed by atoms with Crippen LogP contribution in [0.2, 0.25) is 0 Å². The van der Waals surface area contributed by atoms with Gasteiger partial charge in [-0.3, -0.25) is 4.79 Å². The van der Waals surface area contributed by atoms with Crippen molar-refractivity contribution in [1.29, 1.82) is 0 Å². The predicted octanol–water partition coefficient (Wildman–Crippen LogP) is 1.06. The van der Waals surface area contributed by atoms with Crippen LogP contribution in [0, 0.1) is 0 Å². The molecule has 0 radical (unpaired) electrons. The van der Waals surface area contributed by atoms with E-state index in [9.17, 15) is 4.79 Å². The quantitative estimate of drug-likeness (QED) is 0.764. The third-order valence-corrected chi connectivity index (χ3v) is 3.98. The van der Waals surface area contributed by atoms with Gasteiger partial charge in [-0.05, 0) is 19.8 Å². The largest absolute Gasteiger partial charge is 0.382 e. The number of nitrogen functional groups attached to an aromatic ring is 1. The average molecular weight is 270 g/mol. The Labute approximate surface area is 110 Å². The Morgan fingerprint density at radius 2 is 2.39 bits per heavy atom. The van der Waals surface area contributed by atoms with E-state index in [0.29, 0.717) is 16.6 Å². The number of hydrogen-bond acceptors (Lipinski definition) is 6. The maximum atomic E-state index is 12.1. The second-order valence-electron chi connectivity index (χ2n) is 4.36. The zero-order chi connectivity index (χ0) is 13.1. The van der Waals surface area contributed by atoms with Crippen molar-refractivity contribution in [3.05, 3.63) is 4.88 Å². The molecule has 2 unspecified atom stereocenters. The van der Waals surface area contributed by atoms with Crippen LogP contribution in [0.1, 0.15) is 29.4 Å². The molecule has 1 fully saturated rings. The second kappa shape index (κ2) is 5.53. The second-order valence-corrected chi connectivity index (χ2v) is 5.36. The summed E-state index contributed by atoms with van der Waals surface area (Å²) in [5, 5.41) is 6.52. The molecule has 2 rings (SSSR count). The van der Waals surface area contributed by atoms with Crippen LogP contribution in [0.4, 0.5) is 10.9 Å². The van der Waals surface area contributed by atoms with E-state index in [4.69, 9.17) is 10.5 Å². The molecule has 0 aromatic carbocycles. The minimum atomic E-state index is -0.148. The fourth-order valence-corrected chi connectivity index (χ4v) is 2.72. The molecule has 7 heteroatoms. The molecular formula is C11H18N4O2S. The molecular weight excluding hydrogens is 252 g/mol. The number of nitrogens with zero attached hydrogens (tertiary/aromatic N) is 1. The zero-order valence-electron chi connectivity index (χ0n) is 10.5. The van der Waals surface area contributed by atoms with E-state index in [-0.39, 0.29) is 23.9 Å². The van der Waals surface area contributed by atoms with E-state index < -0.39 is 0 Å². The van der Waals surface area contributed by atoms with Crippen LogP contribution < -0.4 is 16.4 Å². The third-order valence-electron chi connectivity index (χ3n) is 2.89. The average Bonchev–Trinajstić information content (AvgIpc) is 2.70. The molecule has 0 saturated carbocycles. The van der Waals surface area contributed by atoms with E-state index >= 15 is 0 Å². The molecule has 18 heavy (non-hydrogen) atoms. The number of thiazole rings is 1. The lowest BCUT2D eigenvalue weighted by atomic mass is 10.0. The first-order valence-corrected chi connectivity index (χ1v) is 6.78. The lowest BCUT2D eigenvalue weighted by Crippen LogP contribution is -2.41. The fraction of sp³-hybridized carbons (Fsp3) is 0.636. The van der Waals surface area contributed by atoms with E-state index in [1.807, 2.05) is 6.92 Å². The van der Waals surface area contributed by atoms with E-state index in [1.165, 1.54) is 11.3 Å². The van der Waals surface area contributed by atoms with Crippen molar-refractivity contribution in [2.75, 3.05) is 24.7 Å². The zero-order valence-corrected chi connectivity index (χ0v) is 11.3. The van der Waals surface area contributed by atoms with Crippen LogP contribution in [0.3, 0.4) is 0 Å². The molecule has 0 aliphatic carbocycles. The van der Waals surface area contributed by atoms with E-state index in [2.05, 4.69) is 15.6 Å². The van der Waals surface area contributed by atoms with Crippen LogP contribution in [-0.2, 0) is 4.74 Å². The maximum Gasteiger partial charge on any atom is 0.265 e. The standard InChI is InChI=1S/C11H18N4O2S/c1-6-5-7(3-4-17-6)14-10(16)8-9(12)15-11(13-2)18-8/h6-7H,3-5,12H2,1-2H3,(H,13,15)(H,14,16). The molecule has 6 nitrogen and oxygen atoms in total. The summed E-state index contributed by atoms with van der Waals surface area (Å²) in [6.07, 6.45) is 1.87. The molecule has 1 aromatic rings. The van der Waals surface area contributed by atoms with Crippen molar-refractivity contribution in [2.45, 2.75) is 31.9 Å². The van der Waals surface area contributed by atoms with Crippen molar-refractivity contribution in [3.63, 3.8) is 0 Å². The molecule has 0 bridgehead atoms. The third kappa shape index (κ3) is 2.91. The number of carbonyl (C=O) groups is 1. The first kappa shape index (κ1) is 13.1. The van der Waals surface area contributed by atoms with Gasteiger partial charge in [0.2, 0.25) is 0 Å². The van der Waals surface area contributed by atoms with Gasteiger partial charge in [-0.15, -0.1) is 0 Å². The fourth-order valence-electron chi connectivity index (χ4n) is 1.98. The highest BCUT2D eigenvalue weighted by Gasteiger charge is 2.23. The Morgan fingerprint density at radius 1 is 1.61 bits per heavy atom. The van der Waals surface area contributed by atoms with Crippen LogP contribution in [0.25, 0.3) is 0 Å². The van der Waals surface area contributed by atoms with Crippen LogP contribution in [0.15, 0.2) is 0 Å². The number of nitrogens with one attached hydrogen (secondary N) is 2. The number of anilines is 2. The summed E-state index contributed by atoms with van der Waals surface area (Å²) in [6.45, 7) is 2.70. The summed E-state index contributed by atoms with van der Waals surface area (Å²) in [5.41, 5.74) is 5.72. The van der Waals surface area contributed by atoms with Crippen molar-refractivity contribution in [2.24, 2.45) is 0 Å². The molecule has 1 saturated heterocycles. The summed E-state index contributed by atoms with van der Waals surface area (Å²) in [7, 11) is 1.75. The number of amides is 1. The topological polar surface area (TPSA) is 89.3 Å². The first-order valence-electron chi connectivity index (χ1n) is 5.96. The molecule has 1 amide bonds. The van der Waals surface area contributed by atoms with Gasteiger partial charge in [0.15, 0.2) is 5.13 Å². The molecule has 100 valence electrons. The summed E-state index contributed by atoms with van der Waals surface area (Å²) in [6, 6.07) is 0.154. The van der Waals surface area contributed by atoms with Gasteiger partial charge in [0.1, 0.15) is 10.7 Å². The number of rotatable bonds is 3. The van der Waals surface area contributed by atoms with Crippen molar-refractivity contribution >= 4 is 28.2 Å². The Bertz CT molecular complexity index is 435. The number of nitrogens with two attached hydrogens (primary N) is 1. The van der Waals surface area contributed by atoms with Crippen molar-refractivity contribution < 1.29 is 9.53 Å². The van der Waals surface area contributed by atoms with Gasteiger partial charge in [0, 0.05) is 19.7 Å². The van der Waals surface area contributed by atoms with Crippen LogP contribution in [-0.4, -0.2) is 36.7 Å². The smallest absolute Gasteiger partial charge is 0.265 e. The molecule has 1 aliphatic heterocycles. The highest BCUT2D eigenvalue weighted by Crippen LogP contribution is 2.25. The molecule has 0 spiro atoms. The lowest BCUT2D eigenvalue weighted by molar-refractivity contribution is 0.0137. The molecule has 1 aromatic heterocycles. The highest BCUT2D eigenvalue weighted by molar-refractivity contribution is 7.18. The summed E-state index contributed by atoms with van der Waals surface area (Å²) < 4.78 is 5.44. The van der Waals surface area contributed by atoms with E-state index in [0.717, 1.165) is 12.8 Å². The minimum Gasteiger partial charge on any atom is -0.382 e. The maximum absolute atomic E-state index is 12.1. The number of ether oxygens (including phenoxy) is 1. The highest BCUT2D eigenvalue weighted by atomic mass is 32.1. The number of hydrogen-bond donors (Lipinski definition) is 3. The van der Waals surface area contributed by atoms with Gasteiger partial charge in [-0.1, -0.05) is 11.3 Å². The van der Waals surface area contributed by atoms with Gasteiger partial charge in [0.25, 0.3) is 5.91 Å². The number of carbonyl (C=O) groups excluding carboxylic acids is 1. The normalized spacial score (nSPS) is 23.7. The van der Waals surface area contributed by atoms with Gasteiger partial charge >= 0.3 is 0 Å². The molecule has 4 N–H and O–H groups in total. The Morgan fingerprint density at radius 3 is 3.00 bits per heavy atom. The predicted molar refractivity (Wildman–Crippen MR) is 72.0 cm³/mol. The van der Waals surface area contributed by atoms with Crippen molar-refractivity contribution in [1.82, 2.24) is 10.3 Å². The summed E-state index contributed by atoms with van der Waals surface area (Å²) in [4.78, 5) is 16.6. The van der Waals surface area contributed by atoms with Crippen LogP contribution in [0.5, 0.6) is 0 Å². The SMILES string of the molecule is CNc1nc(N)c(C(=O)NC2CCOC(C)C2)s1. The van der Waals surface area contributed by atoms with Crippen LogP contribution >= 0.6 is 11.3 Å². The van der Waals surface area contributed by atoms with Crippen molar-refractivity contribution in [3.8, 4) is 0 Å². The van der Waals surface area contributed by atoms with E-state index in [1.54, 1.807) is 7.05 Å². The summed E-state index contributed by atoms with van der Waals surface area (Å²) >= 11 is 1.27. The summed E-state index contributed by atoms with van der Waals surface area (Å²) in [5.74, 6) is 0.132. The first-order chi connectivity index (χ1) is 8.60. The number of aromatic nitrogens is 1. The molecule has 2 atom stereocenters. The minimum absolute atomic E-state index is 0.148. The van der Waals surface area contributed by atoms with Gasteiger partial charge < -0.3 is 21.1 Å². The Hall–Kier alpha value is -1.34. The molecule has 1 aliphatic rings. The monoisotopic (exact) mass is 270 g/mol. The molecule has 2 heterocycles. The Kier molecular flexibility index (Phi) is 4.03. The van der Waals surface area contributed by atoms with Gasteiger partial charge in [-0.25, -0.2) is 4.98 Å². The lowest BCUT2D eigenvalue weighted by Gasteiger charge is -2.27. The van der Waals surface area contributed by atoms with Gasteiger partial charge in [-0.2, -0.15) is 0 Å². The van der Waals surface area contributed by atoms with Gasteiger partial charge in [0.05, 0.1) is 6.10 Å². The Balaban J connectivity index is 2.00.